The van der Waals surface area contributed by atoms with Crippen molar-refractivity contribution in [2.45, 2.75) is 13.3 Å². The van der Waals surface area contributed by atoms with Crippen LogP contribution in [0.2, 0.25) is 0 Å². The molecule has 1 rings (SSSR count). The summed E-state index contributed by atoms with van der Waals surface area (Å²) < 4.78 is 0. The maximum Gasteiger partial charge on any atom is 0.0400 e. The number of hydrogen-bond acceptors (Lipinski definition) is 2. The summed E-state index contributed by atoms with van der Waals surface area (Å²) in [6, 6.07) is 1.98. The zero-order valence-electron chi connectivity index (χ0n) is 6.39. The van der Waals surface area contributed by atoms with Crippen LogP contribution in [0, 0.1) is 0 Å². The Kier molecular flexibility index (Phi) is 2.26. The highest BCUT2D eigenvalue weighted by Crippen LogP contribution is 2.11. The number of pyridine rings is 1. The molecule has 0 unspecified atom stereocenters. The van der Waals surface area contributed by atoms with Crippen LogP contribution < -0.4 is 5.32 Å². The van der Waals surface area contributed by atoms with Crippen LogP contribution in [-0.4, -0.2) is 12.0 Å². The van der Waals surface area contributed by atoms with E-state index in [1.54, 1.807) is 6.20 Å². The van der Waals surface area contributed by atoms with Crippen molar-refractivity contribution in [3.05, 3.63) is 24.0 Å². The molecule has 10 heavy (non-hydrogen) atoms. The van der Waals surface area contributed by atoms with Gasteiger partial charge in [-0.3, -0.25) is 4.98 Å². The van der Waals surface area contributed by atoms with Crippen molar-refractivity contribution < 1.29 is 0 Å². The van der Waals surface area contributed by atoms with Gasteiger partial charge in [-0.05, 0) is 18.1 Å². The van der Waals surface area contributed by atoms with Gasteiger partial charge in [0.2, 0.25) is 0 Å². The van der Waals surface area contributed by atoms with Crippen molar-refractivity contribution in [3.63, 3.8) is 0 Å². The zero-order valence-corrected chi connectivity index (χ0v) is 6.39. The number of rotatable bonds is 2. The molecule has 0 aromatic carbocycles. The van der Waals surface area contributed by atoms with Gasteiger partial charge in [-0.25, -0.2) is 0 Å². The molecule has 0 aliphatic carbocycles. The minimum absolute atomic E-state index is 1.03. The molecule has 0 atom stereocenters. The van der Waals surface area contributed by atoms with Crippen molar-refractivity contribution >= 4 is 5.69 Å². The van der Waals surface area contributed by atoms with Gasteiger partial charge >= 0.3 is 0 Å². The molecule has 54 valence electrons. The fourth-order valence-electron chi connectivity index (χ4n) is 0.953. The van der Waals surface area contributed by atoms with E-state index in [2.05, 4.69) is 17.2 Å². The van der Waals surface area contributed by atoms with Crippen LogP contribution in [0.4, 0.5) is 5.69 Å². The Balaban J connectivity index is 2.96. The summed E-state index contributed by atoms with van der Waals surface area (Å²) in [5.41, 5.74) is 2.45. The van der Waals surface area contributed by atoms with Crippen LogP contribution in [0.3, 0.4) is 0 Å². The highest BCUT2D eigenvalue weighted by molar-refractivity contribution is 5.48. The first-order chi connectivity index (χ1) is 4.88. The number of aryl methyl sites for hydroxylation is 1. The first-order valence-electron chi connectivity index (χ1n) is 3.49. The third kappa shape index (κ3) is 1.26. The maximum absolute atomic E-state index is 4.02. The summed E-state index contributed by atoms with van der Waals surface area (Å²) in [7, 11) is 1.93. The Morgan fingerprint density at radius 2 is 2.40 bits per heavy atom. The molecule has 1 heterocycles. The lowest BCUT2D eigenvalue weighted by Gasteiger charge is -2.03. The van der Waals surface area contributed by atoms with E-state index in [4.69, 9.17) is 0 Å². The van der Waals surface area contributed by atoms with Crippen molar-refractivity contribution in [3.8, 4) is 0 Å². The number of nitrogens with zero attached hydrogens (tertiary/aromatic N) is 1. The lowest BCUT2D eigenvalue weighted by Crippen LogP contribution is -1.93. The third-order valence-electron chi connectivity index (χ3n) is 1.55. The molecule has 0 saturated heterocycles. The molecule has 2 heteroatoms. The predicted octanol–water partition coefficient (Wildman–Crippen LogP) is 1.69. The molecule has 0 saturated carbocycles. The number of hydrogen-bond donors (Lipinski definition) is 1. The highest BCUT2D eigenvalue weighted by atomic mass is 14.8. The predicted molar refractivity (Wildman–Crippen MR) is 43.2 cm³/mol. The first kappa shape index (κ1) is 7.06. The molecule has 0 amide bonds. The van der Waals surface area contributed by atoms with Crippen LogP contribution in [0.15, 0.2) is 18.5 Å². The van der Waals surface area contributed by atoms with Crippen LogP contribution in [0.5, 0.6) is 0 Å². The average molecular weight is 136 g/mol. The van der Waals surface area contributed by atoms with Gasteiger partial charge in [0.1, 0.15) is 0 Å². The second kappa shape index (κ2) is 3.20. The number of nitrogens with one attached hydrogen (secondary N) is 1. The highest BCUT2D eigenvalue weighted by Gasteiger charge is 1.94. The van der Waals surface area contributed by atoms with E-state index in [1.807, 2.05) is 19.3 Å². The van der Waals surface area contributed by atoms with Crippen molar-refractivity contribution in [1.29, 1.82) is 0 Å². The van der Waals surface area contributed by atoms with Crippen molar-refractivity contribution in [2.75, 3.05) is 12.4 Å². The first-order valence-corrected chi connectivity index (χ1v) is 3.49. The minimum Gasteiger partial charge on any atom is -0.388 e. The van der Waals surface area contributed by atoms with Gasteiger partial charge in [-0.1, -0.05) is 6.92 Å². The molecule has 0 radical (unpaired) electrons. The second-order valence-corrected chi connectivity index (χ2v) is 2.14. The van der Waals surface area contributed by atoms with Gasteiger partial charge in [0.15, 0.2) is 0 Å². The smallest absolute Gasteiger partial charge is 0.0400 e. The fraction of sp³-hybridized carbons (Fsp3) is 0.375. The molecule has 0 fully saturated rings. The van der Waals surface area contributed by atoms with E-state index in [0.717, 1.165) is 6.42 Å². The molecule has 1 aromatic rings. The maximum atomic E-state index is 4.02. The Hall–Kier alpha value is -1.05. The van der Waals surface area contributed by atoms with Crippen LogP contribution >= 0.6 is 0 Å². The molecule has 1 N–H and O–H groups in total. The number of anilines is 1. The van der Waals surface area contributed by atoms with E-state index < -0.39 is 0 Å². The summed E-state index contributed by atoms with van der Waals surface area (Å²) in [4.78, 5) is 4.02. The molecule has 1 aromatic heterocycles. The lowest BCUT2D eigenvalue weighted by atomic mass is 10.2. The van der Waals surface area contributed by atoms with Crippen molar-refractivity contribution in [1.82, 2.24) is 4.98 Å². The largest absolute Gasteiger partial charge is 0.388 e. The Morgan fingerprint density at radius 3 is 2.90 bits per heavy atom. The van der Waals surface area contributed by atoms with Crippen LogP contribution in [-0.2, 0) is 6.42 Å². The van der Waals surface area contributed by atoms with E-state index >= 15 is 0 Å². The van der Waals surface area contributed by atoms with Gasteiger partial charge in [0.25, 0.3) is 0 Å². The summed E-state index contributed by atoms with van der Waals surface area (Å²) in [6.45, 7) is 2.12. The monoisotopic (exact) mass is 136 g/mol. The summed E-state index contributed by atoms with van der Waals surface area (Å²) >= 11 is 0. The van der Waals surface area contributed by atoms with Crippen LogP contribution in [0.25, 0.3) is 0 Å². The summed E-state index contributed by atoms with van der Waals surface area (Å²) in [5, 5.41) is 3.11. The lowest BCUT2D eigenvalue weighted by molar-refractivity contribution is 1.10. The standard InChI is InChI=1S/C8H12N2/c1-3-7-6-10-5-4-8(7)9-2/h4-6H,3H2,1-2H3,(H,9,10). The fourth-order valence-corrected chi connectivity index (χ4v) is 0.953. The quantitative estimate of drug-likeness (QED) is 0.669. The molecule has 2 nitrogen and oxygen atoms in total. The molecule has 0 aliphatic heterocycles. The van der Waals surface area contributed by atoms with Crippen LogP contribution in [0.1, 0.15) is 12.5 Å². The number of aromatic nitrogens is 1. The normalized spacial score (nSPS) is 9.40. The average Bonchev–Trinajstić information content (AvgIpc) is 2.04. The molecule has 0 bridgehead atoms. The second-order valence-electron chi connectivity index (χ2n) is 2.14. The molecule has 0 spiro atoms. The van der Waals surface area contributed by atoms with Crippen molar-refractivity contribution in [2.24, 2.45) is 0 Å². The van der Waals surface area contributed by atoms with Gasteiger partial charge < -0.3 is 5.32 Å². The van der Waals surface area contributed by atoms with Gasteiger partial charge in [0.05, 0.1) is 0 Å². The Labute approximate surface area is 61.3 Å². The van der Waals surface area contributed by atoms with E-state index in [0.29, 0.717) is 0 Å². The Morgan fingerprint density at radius 1 is 1.60 bits per heavy atom. The minimum atomic E-state index is 1.03. The summed E-state index contributed by atoms with van der Waals surface area (Å²) in [5.74, 6) is 0. The third-order valence-corrected chi connectivity index (χ3v) is 1.55. The van der Waals surface area contributed by atoms with Gasteiger partial charge in [-0.15, -0.1) is 0 Å². The SMILES string of the molecule is CCc1cnccc1NC. The zero-order chi connectivity index (χ0) is 7.40. The Bertz CT molecular complexity index is 185. The van der Waals surface area contributed by atoms with Gasteiger partial charge in [0, 0.05) is 25.1 Å². The molecular weight excluding hydrogens is 124 g/mol. The topological polar surface area (TPSA) is 24.9 Å². The van der Waals surface area contributed by atoms with Gasteiger partial charge in [-0.2, -0.15) is 0 Å². The van der Waals surface area contributed by atoms with E-state index in [9.17, 15) is 0 Å². The van der Waals surface area contributed by atoms with E-state index in [-0.39, 0.29) is 0 Å². The molecular formula is C8H12N2. The summed E-state index contributed by atoms with van der Waals surface area (Å²) in [6.07, 6.45) is 4.72. The van der Waals surface area contributed by atoms with E-state index in [1.165, 1.54) is 11.3 Å². The molecule has 0 aliphatic rings.